The predicted molar refractivity (Wildman–Crippen MR) is 122 cm³/mol. The first-order chi connectivity index (χ1) is 16.5. The fraction of sp³-hybridized carbons (Fsp3) is 0.227. The van der Waals surface area contributed by atoms with Crippen molar-refractivity contribution in [2.24, 2.45) is 0 Å². The molecular weight excluding hydrogens is 443 g/mol. The minimum absolute atomic E-state index is 0.122. The van der Waals surface area contributed by atoms with Crippen LogP contribution in [0, 0.1) is 5.82 Å². The molecule has 0 saturated heterocycles. The SMILES string of the molecule is CNc1cc(Nc2cccn(-c3ncccc3F)c2=O)nc2c(C(=O)N[C@@H]3CC[C@@H]3O)cnn12. The lowest BCUT2D eigenvalue weighted by Gasteiger charge is -2.32. The van der Waals surface area contributed by atoms with Gasteiger partial charge in [0, 0.05) is 25.5 Å². The Kier molecular flexibility index (Phi) is 5.42. The first-order valence-electron chi connectivity index (χ1n) is 10.6. The molecule has 4 aromatic rings. The molecule has 1 aliphatic rings. The van der Waals surface area contributed by atoms with Gasteiger partial charge < -0.3 is 21.1 Å². The second-order valence-electron chi connectivity index (χ2n) is 7.83. The molecule has 34 heavy (non-hydrogen) atoms. The number of aliphatic hydroxyl groups excluding tert-OH is 1. The van der Waals surface area contributed by atoms with E-state index in [0.29, 0.717) is 18.7 Å². The van der Waals surface area contributed by atoms with E-state index in [-0.39, 0.29) is 34.6 Å². The van der Waals surface area contributed by atoms with Gasteiger partial charge in [0.25, 0.3) is 11.5 Å². The Hall–Kier alpha value is -4.32. The molecule has 11 nitrogen and oxygen atoms in total. The Morgan fingerprint density at radius 2 is 2.12 bits per heavy atom. The number of carbonyl (C=O) groups excluding carboxylic acids is 1. The molecule has 174 valence electrons. The smallest absolute Gasteiger partial charge is 0.280 e. The van der Waals surface area contributed by atoms with Crippen molar-refractivity contribution in [3.8, 4) is 5.82 Å². The first kappa shape index (κ1) is 21.5. The lowest BCUT2D eigenvalue weighted by Crippen LogP contribution is -2.50. The van der Waals surface area contributed by atoms with E-state index < -0.39 is 23.4 Å². The van der Waals surface area contributed by atoms with Crippen molar-refractivity contribution in [1.29, 1.82) is 0 Å². The topological polar surface area (TPSA) is 138 Å². The molecule has 4 N–H and O–H groups in total. The minimum Gasteiger partial charge on any atom is -0.391 e. The number of halogens is 1. The number of fused-ring (bicyclic) bond motifs is 1. The van der Waals surface area contributed by atoms with Crippen molar-refractivity contribution in [2.75, 3.05) is 17.7 Å². The van der Waals surface area contributed by atoms with Gasteiger partial charge in [0.15, 0.2) is 17.3 Å². The van der Waals surface area contributed by atoms with E-state index in [9.17, 15) is 19.1 Å². The third kappa shape index (κ3) is 3.73. The van der Waals surface area contributed by atoms with Gasteiger partial charge in [-0.2, -0.15) is 9.61 Å². The van der Waals surface area contributed by atoms with E-state index >= 15 is 0 Å². The number of rotatable bonds is 6. The van der Waals surface area contributed by atoms with Crippen LogP contribution in [0.5, 0.6) is 0 Å². The van der Waals surface area contributed by atoms with Crippen LogP contribution >= 0.6 is 0 Å². The average Bonchev–Trinajstić information content (AvgIpc) is 3.27. The summed E-state index contributed by atoms with van der Waals surface area (Å²) in [4.78, 5) is 34.2. The van der Waals surface area contributed by atoms with Crippen LogP contribution in [-0.2, 0) is 0 Å². The molecule has 4 heterocycles. The van der Waals surface area contributed by atoms with Gasteiger partial charge in [-0.3, -0.25) is 14.2 Å². The highest BCUT2D eigenvalue weighted by Gasteiger charge is 2.31. The number of aliphatic hydroxyl groups is 1. The average molecular weight is 464 g/mol. The quantitative estimate of drug-likeness (QED) is 0.336. The number of hydrogen-bond donors (Lipinski definition) is 4. The second kappa shape index (κ2) is 8.56. The summed E-state index contributed by atoms with van der Waals surface area (Å²) in [7, 11) is 1.68. The Morgan fingerprint density at radius 3 is 2.82 bits per heavy atom. The molecule has 0 bridgehead atoms. The largest absolute Gasteiger partial charge is 0.391 e. The number of anilines is 3. The molecule has 0 aromatic carbocycles. The first-order valence-corrected chi connectivity index (χ1v) is 10.6. The van der Waals surface area contributed by atoms with Crippen molar-refractivity contribution < 1.29 is 14.3 Å². The molecule has 1 amide bonds. The zero-order valence-electron chi connectivity index (χ0n) is 18.1. The van der Waals surface area contributed by atoms with Crippen molar-refractivity contribution in [3.05, 3.63) is 70.7 Å². The maximum atomic E-state index is 14.2. The van der Waals surface area contributed by atoms with E-state index in [1.54, 1.807) is 19.2 Å². The Balaban J connectivity index is 1.51. The van der Waals surface area contributed by atoms with Crippen molar-refractivity contribution in [2.45, 2.75) is 25.0 Å². The summed E-state index contributed by atoms with van der Waals surface area (Å²) in [5.41, 5.74) is 0.0840. The number of nitrogens with zero attached hydrogens (tertiary/aromatic N) is 5. The molecule has 1 saturated carbocycles. The van der Waals surface area contributed by atoms with Gasteiger partial charge >= 0.3 is 0 Å². The second-order valence-corrected chi connectivity index (χ2v) is 7.83. The highest BCUT2D eigenvalue weighted by Crippen LogP contribution is 2.23. The van der Waals surface area contributed by atoms with Gasteiger partial charge in [0.2, 0.25) is 0 Å². The summed E-state index contributed by atoms with van der Waals surface area (Å²) in [6.45, 7) is 0. The third-order valence-corrected chi connectivity index (χ3v) is 5.70. The monoisotopic (exact) mass is 464 g/mol. The van der Waals surface area contributed by atoms with Crippen LogP contribution < -0.4 is 21.5 Å². The Morgan fingerprint density at radius 1 is 1.26 bits per heavy atom. The Labute approximate surface area is 192 Å². The van der Waals surface area contributed by atoms with Gasteiger partial charge in [-0.1, -0.05) is 0 Å². The highest BCUT2D eigenvalue weighted by atomic mass is 19.1. The normalized spacial score (nSPS) is 17.3. The molecule has 0 unspecified atom stereocenters. The van der Waals surface area contributed by atoms with Crippen molar-refractivity contribution in [1.82, 2.24) is 29.5 Å². The van der Waals surface area contributed by atoms with Gasteiger partial charge in [-0.05, 0) is 37.1 Å². The summed E-state index contributed by atoms with van der Waals surface area (Å²) >= 11 is 0. The molecule has 0 aliphatic heterocycles. The minimum atomic E-state index is -0.634. The maximum Gasteiger partial charge on any atom is 0.280 e. The molecule has 1 fully saturated rings. The molecule has 2 atom stereocenters. The summed E-state index contributed by atoms with van der Waals surface area (Å²) in [5, 5.41) is 22.7. The van der Waals surface area contributed by atoms with Crippen LogP contribution in [0.3, 0.4) is 0 Å². The lowest BCUT2D eigenvalue weighted by atomic mass is 9.89. The number of hydrogen-bond acceptors (Lipinski definition) is 8. The zero-order valence-corrected chi connectivity index (χ0v) is 18.1. The van der Waals surface area contributed by atoms with E-state index in [0.717, 1.165) is 4.57 Å². The number of pyridine rings is 2. The van der Waals surface area contributed by atoms with Crippen LogP contribution in [0.15, 0.2) is 53.7 Å². The summed E-state index contributed by atoms with van der Waals surface area (Å²) < 4.78 is 16.7. The van der Waals surface area contributed by atoms with Crippen LogP contribution in [0.1, 0.15) is 23.2 Å². The van der Waals surface area contributed by atoms with Gasteiger partial charge in [0.1, 0.15) is 22.9 Å². The fourth-order valence-corrected chi connectivity index (χ4v) is 3.71. The van der Waals surface area contributed by atoms with Gasteiger partial charge in [0.05, 0.1) is 18.3 Å². The van der Waals surface area contributed by atoms with Gasteiger partial charge in [-0.25, -0.2) is 14.4 Å². The molecular formula is C22H21FN8O3. The van der Waals surface area contributed by atoms with Gasteiger partial charge in [-0.15, -0.1) is 0 Å². The number of carbonyl (C=O) groups is 1. The maximum absolute atomic E-state index is 14.2. The molecule has 4 aromatic heterocycles. The van der Waals surface area contributed by atoms with Crippen molar-refractivity contribution >= 4 is 28.9 Å². The summed E-state index contributed by atoms with van der Waals surface area (Å²) in [6, 6.07) is 7.09. The molecule has 5 rings (SSSR count). The number of aromatic nitrogens is 5. The highest BCUT2D eigenvalue weighted by molar-refractivity contribution is 6.00. The Bertz CT molecular complexity index is 1450. The summed E-state index contributed by atoms with van der Waals surface area (Å²) in [6.07, 6.45) is 5.00. The lowest BCUT2D eigenvalue weighted by molar-refractivity contribution is 0.0448. The van der Waals surface area contributed by atoms with E-state index in [4.69, 9.17) is 0 Å². The van der Waals surface area contributed by atoms with E-state index in [1.807, 2.05) is 0 Å². The standard InChI is InChI=1S/C22H21FN8O3/c1-24-18-10-17(27-15-5-3-9-30(22(15)34)20-13(23)4-2-8-25-20)29-19-12(11-26-31(18)19)21(33)28-14-6-7-16(14)32/h2-5,8-11,14,16,24,32H,6-7H2,1H3,(H,27,29)(H,28,33)/t14-,16+/m1/s1. The van der Waals surface area contributed by atoms with E-state index in [1.165, 1.54) is 41.3 Å². The molecule has 1 aliphatic carbocycles. The fourth-order valence-electron chi connectivity index (χ4n) is 3.71. The van der Waals surface area contributed by atoms with Crippen LogP contribution in [-0.4, -0.2) is 54.4 Å². The number of amides is 1. The molecule has 12 heteroatoms. The predicted octanol–water partition coefficient (Wildman–Crippen LogP) is 1.45. The molecule has 0 radical (unpaired) electrons. The third-order valence-electron chi connectivity index (χ3n) is 5.70. The molecule has 0 spiro atoms. The zero-order chi connectivity index (χ0) is 23.8. The van der Waals surface area contributed by atoms with Crippen LogP contribution in [0.2, 0.25) is 0 Å². The summed E-state index contributed by atoms with van der Waals surface area (Å²) in [5.74, 6) is -0.375. The van der Waals surface area contributed by atoms with Crippen molar-refractivity contribution in [3.63, 3.8) is 0 Å². The van der Waals surface area contributed by atoms with Crippen LogP contribution in [0.25, 0.3) is 11.5 Å². The number of nitrogens with one attached hydrogen (secondary N) is 3. The van der Waals surface area contributed by atoms with Crippen LogP contribution in [0.4, 0.5) is 21.7 Å². The van der Waals surface area contributed by atoms with E-state index in [2.05, 4.69) is 31.0 Å².